The number of hydrogen-bond donors (Lipinski definition) is 3. The molecule has 4 aliphatic heterocycles. The molecule has 3 saturated heterocycles. The Morgan fingerprint density at radius 1 is 0.931 bits per heavy atom. The maximum absolute atomic E-state index is 13.7. The van der Waals surface area contributed by atoms with Gasteiger partial charge in [0.1, 0.15) is 24.0 Å². The van der Waals surface area contributed by atoms with Gasteiger partial charge in [0.2, 0.25) is 11.8 Å². The SMILES string of the molecule is COc1cc2ncnc(Nc3ccc(F)c(Cl)c3)c2cc1OCCCN1CCC(CN[C@@H]2CCCN(c3ccc4c(c3)C(=O)N(C3CCC(=O)NC3=O)C4=O)C2)CC1. The van der Waals surface area contributed by atoms with E-state index in [9.17, 15) is 23.6 Å². The van der Waals surface area contributed by atoms with E-state index >= 15 is 0 Å². The number of anilines is 3. The molecular weight excluding hydrogens is 767 g/mol. The average molecular weight is 813 g/mol. The standard InChI is InChI=1S/C42H46ClFN8O6/c1-57-36-21-34-31(39(47-24-46-34)48-26-5-8-33(44)32(43)18-26)20-37(36)58-17-3-13-50-15-11-25(12-16-50)22-45-27-4-2-14-51(23-27)28-6-7-29-30(19-28)42(56)52(41(29)55)35-9-10-38(53)49-40(35)54/h5-8,18-21,24-25,27,35,45H,2-4,9-17,22-23H2,1H3,(H,46,47,48)(H,49,53,54)/t27-,35?/m1/s1. The number of hydrogen-bond acceptors (Lipinski definition) is 12. The Morgan fingerprint density at radius 3 is 2.55 bits per heavy atom. The van der Waals surface area contributed by atoms with Crippen LogP contribution in [0.3, 0.4) is 0 Å². The summed E-state index contributed by atoms with van der Waals surface area (Å²) in [5.41, 5.74) is 2.76. The maximum atomic E-state index is 13.7. The van der Waals surface area contributed by atoms with Crippen LogP contribution in [0.15, 0.2) is 54.9 Å². The number of carbonyl (C=O) groups is 4. The fraction of sp³-hybridized carbons (Fsp3) is 0.429. The van der Waals surface area contributed by atoms with Crippen molar-refractivity contribution >= 4 is 63.3 Å². The topological polar surface area (TPSA) is 158 Å². The van der Waals surface area contributed by atoms with Gasteiger partial charge < -0.3 is 29.9 Å². The summed E-state index contributed by atoms with van der Waals surface area (Å²) in [6.45, 7) is 6.09. The van der Waals surface area contributed by atoms with Crippen LogP contribution in [0.4, 0.5) is 21.6 Å². The number of halogens is 2. The number of likely N-dealkylation sites (tertiary alicyclic amines) is 1. The molecular formula is C42H46ClFN8O6. The van der Waals surface area contributed by atoms with Crippen molar-refractivity contribution in [2.45, 2.75) is 57.0 Å². The summed E-state index contributed by atoms with van der Waals surface area (Å²) in [4.78, 5) is 65.2. The molecule has 4 amide bonds. The van der Waals surface area contributed by atoms with E-state index < -0.39 is 35.5 Å². The average Bonchev–Trinajstić information content (AvgIpc) is 3.48. The molecule has 8 rings (SSSR count). The molecule has 0 saturated carbocycles. The van der Waals surface area contributed by atoms with E-state index in [1.165, 1.54) is 18.5 Å². The van der Waals surface area contributed by atoms with E-state index in [1.54, 1.807) is 25.3 Å². The van der Waals surface area contributed by atoms with Crippen LogP contribution in [-0.4, -0.2) is 108 Å². The Hall–Kier alpha value is -5.38. The number of methoxy groups -OCH3 is 1. The Morgan fingerprint density at radius 2 is 1.76 bits per heavy atom. The second-order valence-corrected chi connectivity index (χ2v) is 15.8. The molecule has 3 fully saturated rings. The lowest BCUT2D eigenvalue weighted by molar-refractivity contribution is -0.136. The fourth-order valence-corrected chi connectivity index (χ4v) is 8.58. The highest BCUT2D eigenvalue weighted by Gasteiger charge is 2.45. The van der Waals surface area contributed by atoms with Crippen molar-refractivity contribution in [2.24, 2.45) is 5.92 Å². The van der Waals surface area contributed by atoms with Crippen LogP contribution in [0.5, 0.6) is 11.5 Å². The first-order chi connectivity index (χ1) is 28.1. The Balaban J connectivity index is 0.784. The number of fused-ring (bicyclic) bond motifs is 2. The van der Waals surface area contributed by atoms with Gasteiger partial charge in [-0.15, -0.1) is 0 Å². The number of ether oxygens (including phenoxy) is 2. The smallest absolute Gasteiger partial charge is 0.262 e. The summed E-state index contributed by atoms with van der Waals surface area (Å²) in [6, 6.07) is 12.8. The summed E-state index contributed by atoms with van der Waals surface area (Å²) in [6.07, 6.45) is 6.83. The van der Waals surface area contributed by atoms with Gasteiger partial charge in [-0.1, -0.05) is 11.6 Å². The Kier molecular flexibility index (Phi) is 11.7. The van der Waals surface area contributed by atoms with Gasteiger partial charge in [0.05, 0.1) is 35.4 Å². The van der Waals surface area contributed by atoms with Crippen LogP contribution >= 0.6 is 11.6 Å². The zero-order valence-corrected chi connectivity index (χ0v) is 33.0. The van der Waals surface area contributed by atoms with Gasteiger partial charge in [-0.2, -0.15) is 0 Å². The zero-order valence-electron chi connectivity index (χ0n) is 32.3. The van der Waals surface area contributed by atoms with Crippen molar-refractivity contribution in [1.82, 2.24) is 30.4 Å². The van der Waals surface area contributed by atoms with E-state index in [0.29, 0.717) is 58.2 Å². The van der Waals surface area contributed by atoms with Gasteiger partial charge in [0, 0.05) is 54.9 Å². The second kappa shape index (κ2) is 17.2. The first-order valence-electron chi connectivity index (χ1n) is 19.9. The lowest BCUT2D eigenvalue weighted by Crippen LogP contribution is -2.54. The van der Waals surface area contributed by atoms with Crippen molar-refractivity contribution < 1.29 is 33.0 Å². The van der Waals surface area contributed by atoms with E-state index in [0.717, 1.165) is 87.3 Å². The molecule has 0 spiro atoms. The van der Waals surface area contributed by atoms with E-state index in [4.69, 9.17) is 21.1 Å². The highest BCUT2D eigenvalue weighted by Crippen LogP contribution is 2.36. The quantitative estimate of drug-likeness (QED) is 0.118. The van der Waals surface area contributed by atoms with Crippen molar-refractivity contribution in [3.8, 4) is 11.5 Å². The third kappa shape index (κ3) is 8.43. The molecule has 1 aromatic heterocycles. The van der Waals surface area contributed by atoms with E-state index in [-0.39, 0.29) is 17.9 Å². The first-order valence-corrected chi connectivity index (χ1v) is 20.3. The molecule has 3 N–H and O–H groups in total. The lowest BCUT2D eigenvalue weighted by atomic mass is 9.95. The number of nitrogens with zero attached hydrogens (tertiary/aromatic N) is 5. The van der Waals surface area contributed by atoms with Gasteiger partial charge in [0.15, 0.2) is 11.5 Å². The van der Waals surface area contributed by atoms with Crippen molar-refractivity contribution in [2.75, 3.05) is 63.2 Å². The van der Waals surface area contributed by atoms with Crippen LogP contribution in [-0.2, 0) is 9.59 Å². The number of nitrogens with one attached hydrogen (secondary N) is 3. The van der Waals surface area contributed by atoms with E-state index in [1.807, 2.05) is 18.2 Å². The molecule has 5 heterocycles. The van der Waals surface area contributed by atoms with Crippen molar-refractivity contribution in [3.05, 3.63) is 76.8 Å². The number of piperidine rings is 3. The Labute approximate surface area is 340 Å². The minimum atomic E-state index is -0.976. The molecule has 4 aromatic rings. The van der Waals surface area contributed by atoms with Crippen LogP contribution in [0, 0.1) is 11.7 Å². The zero-order chi connectivity index (χ0) is 40.3. The van der Waals surface area contributed by atoms with Crippen LogP contribution in [0.25, 0.3) is 10.9 Å². The highest BCUT2D eigenvalue weighted by molar-refractivity contribution is 6.31. The Bertz CT molecular complexity index is 2240. The van der Waals surface area contributed by atoms with E-state index in [2.05, 4.69) is 35.7 Å². The summed E-state index contributed by atoms with van der Waals surface area (Å²) >= 11 is 5.98. The van der Waals surface area contributed by atoms with Gasteiger partial charge in [-0.3, -0.25) is 29.4 Å². The van der Waals surface area contributed by atoms with Gasteiger partial charge in [-0.05, 0) is 107 Å². The normalized spacial score (nSPS) is 20.4. The number of imide groups is 2. The molecule has 0 radical (unpaired) electrons. The third-order valence-corrected chi connectivity index (χ3v) is 11.9. The molecule has 3 aromatic carbocycles. The first kappa shape index (κ1) is 39.4. The summed E-state index contributed by atoms with van der Waals surface area (Å²) < 4.78 is 25.6. The second-order valence-electron chi connectivity index (χ2n) is 15.4. The van der Waals surface area contributed by atoms with Gasteiger partial charge in [0.25, 0.3) is 11.8 Å². The predicted molar refractivity (Wildman–Crippen MR) is 216 cm³/mol. The van der Waals surface area contributed by atoms with Crippen molar-refractivity contribution in [1.29, 1.82) is 0 Å². The minimum absolute atomic E-state index is 0.0150. The summed E-state index contributed by atoms with van der Waals surface area (Å²) in [5, 5.41) is 10.0. The summed E-state index contributed by atoms with van der Waals surface area (Å²) in [5.74, 6) is -0.179. The predicted octanol–water partition coefficient (Wildman–Crippen LogP) is 5.32. The third-order valence-electron chi connectivity index (χ3n) is 11.6. The fourth-order valence-electron chi connectivity index (χ4n) is 8.40. The van der Waals surface area contributed by atoms with Gasteiger partial charge in [-0.25, -0.2) is 14.4 Å². The van der Waals surface area contributed by atoms with Crippen molar-refractivity contribution in [3.63, 3.8) is 0 Å². The lowest BCUT2D eigenvalue weighted by Gasteiger charge is -2.37. The highest BCUT2D eigenvalue weighted by atomic mass is 35.5. The van der Waals surface area contributed by atoms with Crippen LogP contribution in [0.2, 0.25) is 5.02 Å². The molecule has 0 bridgehead atoms. The van der Waals surface area contributed by atoms with Crippen LogP contribution in [0.1, 0.15) is 65.7 Å². The number of benzene rings is 3. The van der Waals surface area contributed by atoms with Crippen LogP contribution < -0.4 is 30.3 Å². The molecule has 1 unspecified atom stereocenters. The molecule has 16 heteroatoms. The molecule has 2 atom stereocenters. The monoisotopic (exact) mass is 812 g/mol. The number of aromatic nitrogens is 2. The molecule has 14 nitrogen and oxygen atoms in total. The number of amides is 4. The number of carbonyl (C=O) groups excluding carboxylic acids is 4. The number of rotatable bonds is 13. The van der Waals surface area contributed by atoms with Gasteiger partial charge >= 0.3 is 0 Å². The minimum Gasteiger partial charge on any atom is -0.493 e. The maximum Gasteiger partial charge on any atom is 0.262 e. The molecule has 304 valence electrons. The molecule has 0 aliphatic carbocycles. The molecule has 4 aliphatic rings. The summed E-state index contributed by atoms with van der Waals surface area (Å²) in [7, 11) is 1.60. The molecule has 58 heavy (non-hydrogen) atoms. The largest absolute Gasteiger partial charge is 0.493 e.